The number of nitrogens with two attached hydrogens (primary N) is 1. The van der Waals surface area contributed by atoms with E-state index < -0.39 is 0 Å². The summed E-state index contributed by atoms with van der Waals surface area (Å²) >= 11 is 2.98. The van der Waals surface area contributed by atoms with Crippen molar-refractivity contribution in [1.82, 2.24) is 24.4 Å². The van der Waals surface area contributed by atoms with Crippen LogP contribution >= 0.6 is 23.3 Å². The Balaban J connectivity index is 2.09. The molecular formula is C9H12N6S2. The monoisotopic (exact) mass is 268 g/mol. The summed E-state index contributed by atoms with van der Waals surface area (Å²) in [6.07, 6.45) is 1.77. The molecule has 2 N–H and O–H groups in total. The fraction of sp³-hybridized carbons (Fsp3) is 0.333. The van der Waals surface area contributed by atoms with Crippen LogP contribution in [0.3, 0.4) is 0 Å². The van der Waals surface area contributed by atoms with E-state index in [9.17, 15) is 0 Å². The Morgan fingerprint density at radius 1 is 1.47 bits per heavy atom. The number of rotatable bonds is 5. The second-order valence-corrected chi connectivity index (χ2v) is 5.09. The highest BCUT2D eigenvalue weighted by Crippen LogP contribution is 2.25. The summed E-state index contributed by atoms with van der Waals surface area (Å²) in [5, 5.41) is 12.6. The molecular weight excluding hydrogens is 256 g/mol. The van der Waals surface area contributed by atoms with E-state index in [1.165, 1.54) is 11.5 Å². The van der Waals surface area contributed by atoms with Crippen LogP contribution in [0.4, 0.5) is 5.95 Å². The largest absolute Gasteiger partial charge is 0.368 e. The van der Waals surface area contributed by atoms with Gasteiger partial charge in [-0.15, -0.1) is 21.9 Å². The molecule has 2 aromatic rings. The second kappa shape index (κ2) is 5.28. The number of nitrogen functional groups attached to an aromatic ring is 1. The van der Waals surface area contributed by atoms with Gasteiger partial charge < -0.3 is 5.73 Å². The van der Waals surface area contributed by atoms with Crippen LogP contribution in [0.1, 0.15) is 10.6 Å². The van der Waals surface area contributed by atoms with Crippen molar-refractivity contribution in [2.45, 2.75) is 24.4 Å². The van der Waals surface area contributed by atoms with Gasteiger partial charge in [0.2, 0.25) is 5.95 Å². The zero-order valence-corrected chi connectivity index (χ0v) is 11.0. The number of hydrogen-bond donors (Lipinski definition) is 1. The Hall–Kier alpha value is -1.41. The summed E-state index contributed by atoms with van der Waals surface area (Å²) in [5.74, 6) is 1.19. The first-order chi connectivity index (χ1) is 8.22. The molecule has 0 atom stereocenters. The lowest BCUT2D eigenvalue weighted by molar-refractivity contribution is 0.733. The molecule has 2 rings (SSSR count). The maximum atomic E-state index is 5.71. The molecule has 0 aromatic carbocycles. The van der Waals surface area contributed by atoms with Gasteiger partial charge in [0.1, 0.15) is 0 Å². The lowest BCUT2D eigenvalue weighted by atomic mass is 10.4. The molecule has 0 radical (unpaired) electrons. The molecule has 0 saturated heterocycles. The number of aromatic nitrogens is 5. The average molecular weight is 268 g/mol. The van der Waals surface area contributed by atoms with Crippen molar-refractivity contribution < 1.29 is 0 Å². The molecule has 0 aliphatic rings. The van der Waals surface area contributed by atoms with Crippen molar-refractivity contribution in [3.63, 3.8) is 0 Å². The fourth-order valence-electron chi connectivity index (χ4n) is 1.22. The number of anilines is 1. The van der Waals surface area contributed by atoms with Crippen LogP contribution in [0.2, 0.25) is 0 Å². The molecule has 6 nitrogen and oxygen atoms in total. The molecule has 0 aliphatic heterocycles. The van der Waals surface area contributed by atoms with E-state index in [0.717, 1.165) is 21.5 Å². The number of nitrogens with zero attached hydrogens (tertiary/aromatic N) is 5. The summed E-state index contributed by atoms with van der Waals surface area (Å²) in [5.41, 5.74) is 6.68. The predicted molar refractivity (Wildman–Crippen MR) is 68.8 cm³/mol. The van der Waals surface area contributed by atoms with Gasteiger partial charge in [0, 0.05) is 12.3 Å². The third kappa shape index (κ3) is 2.64. The summed E-state index contributed by atoms with van der Waals surface area (Å²) in [6, 6.07) is 0. The molecule has 2 aromatic heterocycles. The van der Waals surface area contributed by atoms with Gasteiger partial charge in [0.15, 0.2) is 5.16 Å². The first-order valence-corrected chi connectivity index (χ1v) is 6.68. The number of thioether (sulfide) groups is 1. The Labute approximate surface area is 107 Å². The van der Waals surface area contributed by atoms with Gasteiger partial charge in [-0.2, -0.15) is 0 Å². The fourth-order valence-corrected chi connectivity index (χ4v) is 2.94. The molecule has 0 spiro atoms. The van der Waals surface area contributed by atoms with Gasteiger partial charge in [0.05, 0.1) is 10.6 Å². The van der Waals surface area contributed by atoms with Crippen molar-refractivity contribution in [3.05, 3.63) is 23.2 Å². The molecule has 0 amide bonds. The molecule has 2 heterocycles. The molecule has 0 fully saturated rings. The van der Waals surface area contributed by atoms with Crippen LogP contribution in [-0.2, 0) is 12.3 Å². The summed E-state index contributed by atoms with van der Waals surface area (Å²) in [6.45, 7) is 6.24. The SMILES string of the molecule is C=CCn1c(N)nnc1SCc1snnc1C. The molecule has 0 saturated carbocycles. The minimum Gasteiger partial charge on any atom is -0.368 e. The van der Waals surface area contributed by atoms with Crippen molar-refractivity contribution in [2.75, 3.05) is 5.73 Å². The number of aryl methyl sites for hydroxylation is 1. The van der Waals surface area contributed by atoms with Crippen molar-refractivity contribution in [2.24, 2.45) is 0 Å². The van der Waals surface area contributed by atoms with Gasteiger partial charge in [-0.05, 0) is 18.5 Å². The van der Waals surface area contributed by atoms with E-state index in [2.05, 4.69) is 26.4 Å². The lowest BCUT2D eigenvalue weighted by Gasteiger charge is -2.03. The quantitative estimate of drug-likeness (QED) is 0.653. The van der Waals surface area contributed by atoms with Crippen LogP contribution in [-0.4, -0.2) is 24.4 Å². The zero-order valence-electron chi connectivity index (χ0n) is 9.33. The van der Waals surface area contributed by atoms with Gasteiger partial charge in [-0.1, -0.05) is 22.3 Å². The minimum absolute atomic E-state index is 0.409. The normalized spacial score (nSPS) is 10.6. The Bertz CT molecular complexity index is 517. The predicted octanol–water partition coefficient (Wildman–Crippen LogP) is 1.50. The smallest absolute Gasteiger partial charge is 0.222 e. The Kier molecular flexibility index (Phi) is 3.75. The molecule has 0 bridgehead atoms. The molecule has 90 valence electrons. The summed E-state index contributed by atoms with van der Waals surface area (Å²) in [4.78, 5) is 1.14. The topological polar surface area (TPSA) is 82.5 Å². The van der Waals surface area contributed by atoms with E-state index in [1.807, 2.05) is 11.5 Å². The second-order valence-electron chi connectivity index (χ2n) is 3.31. The van der Waals surface area contributed by atoms with Crippen molar-refractivity contribution >= 4 is 29.2 Å². The summed E-state index contributed by atoms with van der Waals surface area (Å²) < 4.78 is 5.71. The maximum Gasteiger partial charge on any atom is 0.222 e. The standard InChI is InChI=1S/C9H12N6S2/c1-3-4-15-8(10)12-13-9(15)16-5-7-6(2)11-14-17-7/h3H,1,4-5H2,2H3,(H2,10,12). The van der Waals surface area contributed by atoms with Crippen LogP contribution in [0.5, 0.6) is 0 Å². The Morgan fingerprint density at radius 2 is 2.29 bits per heavy atom. The average Bonchev–Trinajstić information content (AvgIpc) is 2.86. The van der Waals surface area contributed by atoms with E-state index in [-0.39, 0.29) is 0 Å². The van der Waals surface area contributed by atoms with Crippen molar-refractivity contribution in [1.29, 1.82) is 0 Å². The number of hydrogen-bond acceptors (Lipinski definition) is 7. The zero-order chi connectivity index (χ0) is 12.3. The van der Waals surface area contributed by atoms with E-state index in [0.29, 0.717) is 12.5 Å². The molecule has 8 heteroatoms. The van der Waals surface area contributed by atoms with E-state index in [1.54, 1.807) is 17.8 Å². The highest BCUT2D eigenvalue weighted by molar-refractivity contribution is 7.98. The summed E-state index contributed by atoms with van der Waals surface area (Å²) in [7, 11) is 0. The van der Waals surface area contributed by atoms with Crippen LogP contribution < -0.4 is 5.73 Å². The van der Waals surface area contributed by atoms with E-state index >= 15 is 0 Å². The van der Waals surface area contributed by atoms with Gasteiger partial charge in [-0.25, -0.2) is 0 Å². The van der Waals surface area contributed by atoms with Crippen LogP contribution in [0.15, 0.2) is 17.8 Å². The Morgan fingerprint density at radius 3 is 2.94 bits per heavy atom. The number of allylic oxidation sites excluding steroid dienone is 1. The van der Waals surface area contributed by atoms with Gasteiger partial charge >= 0.3 is 0 Å². The van der Waals surface area contributed by atoms with Crippen LogP contribution in [0, 0.1) is 6.92 Å². The first-order valence-electron chi connectivity index (χ1n) is 4.92. The minimum atomic E-state index is 0.409. The third-order valence-corrected chi connectivity index (χ3v) is 4.13. The highest BCUT2D eigenvalue weighted by atomic mass is 32.2. The highest BCUT2D eigenvalue weighted by Gasteiger charge is 2.11. The van der Waals surface area contributed by atoms with Crippen molar-refractivity contribution in [3.8, 4) is 0 Å². The first kappa shape index (κ1) is 12.1. The van der Waals surface area contributed by atoms with Gasteiger partial charge in [0.25, 0.3) is 0 Å². The van der Waals surface area contributed by atoms with Crippen LogP contribution in [0.25, 0.3) is 0 Å². The van der Waals surface area contributed by atoms with Gasteiger partial charge in [-0.3, -0.25) is 4.57 Å². The molecule has 0 aliphatic carbocycles. The molecule has 0 unspecified atom stereocenters. The van der Waals surface area contributed by atoms with E-state index in [4.69, 9.17) is 5.73 Å². The maximum absolute atomic E-state index is 5.71. The third-order valence-electron chi connectivity index (χ3n) is 2.13. The molecule has 17 heavy (non-hydrogen) atoms. The lowest BCUT2D eigenvalue weighted by Crippen LogP contribution is -2.03.